The number of allylic oxidation sites excluding steroid dienone is 1. The van der Waals surface area contributed by atoms with E-state index >= 15 is 0 Å². The van der Waals surface area contributed by atoms with E-state index in [-0.39, 0.29) is 6.61 Å². The van der Waals surface area contributed by atoms with Gasteiger partial charge in [-0.2, -0.15) is 0 Å². The molecule has 0 aromatic heterocycles. The summed E-state index contributed by atoms with van der Waals surface area (Å²) in [6.45, 7) is 9.72. The topological polar surface area (TPSA) is 20.2 Å². The van der Waals surface area contributed by atoms with Crippen LogP contribution in [0.4, 0.5) is 0 Å². The molecule has 0 aromatic carbocycles. The summed E-state index contributed by atoms with van der Waals surface area (Å²) in [4.78, 5) is 0. The minimum atomic E-state index is 0.214. The van der Waals surface area contributed by atoms with Gasteiger partial charge >= 0.3 is 0 Å². The number of aliphatic hydroxyl groups is 1. The Morgan fingerprint density at radius 1 is 1.24 bits per heavy atom. The van der Waals surface area contributed by atoms with Crippen molar-refractivity contribution in [3.63, 3.8) is 0 Å². The predicted molar refractivity (Wildman–Crippen MR) is 72.8 cm³/mol. The minimum Gasteiger partial charge on any atom is -0.392 e. The van der Waals surface area contributed by atoms with Crippen LogP contribution in [0.25, 0.3) is 0 Å². The van der Waals surface area contributed by atoms with Gasteiger partial charge in [0, 0.05) is 0 Å². The molecular weight excluding hydrogens is 208 g/mol. The fourth-order valence-electron chi connectivity index (χ4n) is 4.42. The van der Waals surface area contributed by atoms with E-state index in [9.17, 15) is 0 Å². The molecule has 2 aliphatic rings. The highest BCUT2D eigenvalue weighted by Crippen LogP contribution is 2.67. The second-order valence-electron chi connectivity index (χ2n) is 7.09. The molecule has 2 fully saturated rings. The van der Waals surface area contributed by atoms with E-state index < -0.39 is 0 Å². The second-order valence-corrected chi connectivity index (χ2v) is 7.09. The summed E-state index contributed by atoms with van der Waals surface area (Å²) in [5.74, 6) is 1.91. The van der Waals surface area contributed by atoms with Crippen molar-refractivity contribution in [3.05, 3.63) is 11.6 Å². The molecule has 2 rings (SSSR count). The van der Waals surface area contributed by atoms with Crippen LogP contribution in [0.2, 0.25) is 0 Å². The van der Waals surface area contributed by atoms with E-state index in [0.29, 0.717) is 10.8 Å². The lowest BCUT2D eigenvalue weighted by Gasteiger charge is -2.48. The molecule has 0 aliphatic heterocycles. The van der Waals surface area contributed by atoms with Gasteiger partial charge in [0.2, 0.25) is 0 Å². The number of hydrogen-bond acceptors (Lipinski definition) is 1. The molecule has 1 nitrogen and oxygen atoms in total. The Morgan fingerprint density at radius 2 is 1.88 bits per heavy atom. The van der Waals surface area contributed by atoms with Crippen LogP contribution in [-0.4, -0.2) is 11.7 Å². The van der Waals surface area contributed by atoms with Crippen molar-refractivity contribution in [3.8, 4) is 0 Å². The van der Waals surface area contributed by atoms with Crippen molar-refractivity contribution in [1.29, 1.82) is 0 Å². The highest BCUT2D eigenvalue weighted by molar-refractivity contribution is 5.09. The largest absolute Gasteiger partial charge is 0.392 e. The molecule has 0 spiro atoms. The van der Waals surface area contributed by atoms with Crippen molar-refractivity contribution in [2.75, 3.05) is 6.61 Å². The maximum Gasteiger partial charge on any atom is 0.0639 e. The van der Waals surface area contributed by atoms with Gasteiger partial charge in [0.1, 0.15) is 0 Å². The van der Waals surface area contributed by atoms with Crippen LogP contribution in [0.15, 0.2) is 11.6 Å². The Labute approximate surface area is 106 Å². The third-order valence-corrected chi connectivity index (χ3v) is 6.23. The van der Waals surface area contributed by atoms with E-state index in [1.54, 1.807) is 0 Å². The Kier molecular flexibility index (Phi) is 3.42. The van der Waals surface area contributed by atoms with Gasteiger partial charge in [0.05, 0.1) is 6.61 Å². The zero-order chi connectivity index (χ0) is 12.7. The second kappa shape index (κ2) is 4.42. The Balaban J connectivity index is 2.04. The molecule has 3 unspecified atom stereocenters. The van der Waals surface area contributed by atoms with Crippen molar-refractivity contribution in [2.24, 2.45) is 22.7 Å². The summed E-state index contributed by atoms with van der Waals surface area (Å²) in [6, 6.07) is 0. The van der Waals surface area contributed by atoms with Crippen LogP contribution < -0.4 is 0 Å². The molecule has 17 heavy (non-hydrogen) atoms. The van der Waals surface area contributed by atoms with E-state index in [1.807, 2.05) is 6.92 Å². The summed E-state index contributed by atoms with van der Waals surface area (Å²) in [6.07, 6.45) is 9.03. The van der Waals surface area contributed by atoms with E-state index in [0.717, 1.165) is 23.8 Å². The molecule has 0 amide bonds. The summed E-state index contributed by atoms with van der Waals surface area (Å²) in [5.41, 5.74) is 2.15. The van der Waals surface area contributed by atoms with Crippen LogP contribution in [0.5, 0.6) is 0 Å². The third kappa shape index (κ3) is 1.97. The average Bonchev–Trinajstić information content (AvgIpc) is 2.82. The Bertz CT molecular complexity index is 315. The van der Waals surface area contributed by atoms with Gasteiger partial charge in [-0.25, -0.2) is 0 Å². The fourth-order valence-corrected chi connectivity index (χ4v) is 4.42. The third-order valence-electron chi connectivity index (χ3n) is 6.23. The molecule has 2 saturated carbocycles. The predicted octanol–water partition coefficient (Wildman–Crippen LogP) is 4.17. The van der Waals surface area contributed by atoms with Crippen LogP contribution in [-0.2, 0) is 0 Å². The number of rotatable bonds is 4. The molecule has 0 saturated heterocycles. The van der Waals surface area contributed by atoms with Crippen molar-refractivity contribution < 1.29 is 5.11 Å². The molecule has 1 N–H and O–H groups in total. The fraction of sp³-hybridized carbons (Fsp3) is 0.875. The standard InChI is InChI=1S/C16H28O/c1-12(11-17)6-5-9-16(4)14-8-7-13(10-14)15(16,2)3/h6,13-14,17H,5,7-11H2,1-4H3/b12-6-. The number of aliphatic hydroxyl groups excluding tert-OH is 1. The quantitative estimate of drug-likeness (QED) is 0.726. The average molecular weight is 236 g/mol. The smallest absolute Gasteiger partial charge is 0.0639 e. The molecule has 3 atom stereocenters. The SMILES string of the molecule is C/C(=C/CCC1(C)C2CCC(C2)C1(C)C)CO. The molecule has 2 aliphatic carbocycles. The number of fused-ring (bicyclic) bond motifs is 2. The van der Waals surface area contributed by atoms with Crippen LogP contribution in [0.1, 0.15) is 59.8 Å². The van der Waals surface area contributed by atoms with E-state index in [2.05, 4.69) is 26.8 Å². The van der Waals surface area contributed by atoms with Crippen molar-refractivity contribution in [1.82, 2.24) is 0 Å². The molecule has 0 radical (unpaired) electrons. The first kappa shape index (κ1) is 13.1. The van der Waals surface area contributed by atoms with E-state index in [1.165, 1.54) is 25.7 Å². The number of hydrogen-bond donors (Lipinski definition) is 1. The van der Waals surface area contributed by atoms with Gasteiger partial charge in [-0.1, -0.05) is 32.4 Å². The molecule has 0 aromatic rings. The molecule has 0 heterocycles. The molecule has 2 bridgehead atoms. The lowest BCUT2D eigenvalue weighted by Crippen LogP contribution is -2.40. The summed E-state index contributed by atoms with van der Waals surface area (Å²) >= 11 is 0. The maximum absolute atomic E-state index is 9.03. The van der Waals surface area contributed by atoms with Gasteiger partial charge in [0.15, 0.2) is 0 Å². The first-order chi connectivity index (χ1) is 7.91. The van der Waals surface area contributed by atoms with E-state index in [4.69, 9.17) is 5.11 Å². The molecule has 98 valence electrons. The zero-order valence-corrected chi connectivity index (χ0v) is 11.9. The first-order valence-electron chi connectivity index (χ1n) is 7.18. The lowest BCUT2D eigenvalue weighted by molar-refractivity contribution is 0.0137. The van der Waals surface area contributed by atoms with Crippen molar-refractivity contribution >= 4 is 0 Å². The van der Waals surface area contributed by atoms with Crippen LogP contribution >= 0.6 is 0 Å². The van der Waals surface area contributed by atoms with Gasteiger partial charge < -0.3 is 5.11 Å². The molecule has 1 heteroatoms. The van der Waals surface area contributed by atoms with Gasteiger partial charge in [-0.15, -0.1) is 0 Å². The monoisotopic (exact) mass is 236 g/mol. The van der Waals surface area contributed by atoms with Crippen molar-refractivity contribution in [2.45, 2.75) is 59.8 Å². The van der Waals surface area contributed by atoms with Crippen LogP contribution in [0, 0.1) is 22.7 Å². The Hall–Kier alpha value is -0.300. The normalized spacial score (nSPS) is 39.9. The zero-order valence-electron chi connectivity index (χ0n) is 11.9. The highest BCUT2D eigenvalue weighted by atomic mass is 16.3. The van der Waals surface area contributed by atoms with Gasteiger partial charge in [-0.05, 0) is 61.7 Å². The minimum absolute atomic E-state index is 0.214. The van der Waals surface area contributed by atoms with Gasteiger partial charge in [0.25, 0.3) is 0 Å². The first-order valence-corrected chi connectivity index (χ1v) is 7.18. The summed E-state index contributed by atoms with van der Waals surface area (Å²) < 4.78 is 0. The Morgan fingerprint density at radius 3 is 2.41 bits per heavy atom. The summed E-state index contributed by atoms with van der Waals surface area (Å²) in [5, 5.41) is 9.03. The summed E-state index contributed by atoms with van der Waals surface area (Å²) in [7, 11) is 0. The maximum atomic E-state index is 9.03. The van der Waals surface area contributed by atoms with Gasteiger partial charge in [-0.3, -0.25) is 0 Å². The lowest BCUT2D eigenvalue weighted by atomic mass is 9.57. The highest BCUT2D eigenvalue weighted by Gasteiger charge is 2.59. The van der Waals surface area contributed by atoms with Crippen LogP contribution in [0.3, 0.4) is 0 Å². The molecular formula is C16H28O.